The number of carbonyl (C=O) groups is 1. The van der Waals surface area contributed by atoms with E-state index in [4.69, 9.17) is 5.21 Å². The van der Waals surface area contributed by atoms with Crippen LogP contribution >= 0.6 is 0 Å². The number of hydrogen-bond donors (Lipinski definition) is 1. The first kappa shape index (κ1) is 7.43. The normalized spacial score (nSPS) is 8.88. The van der Waals surface area contributed by atoms with E-state index in [-0.39, 0.29) is 5.91 Å². The highest BCUT2D eigenvalue weighted by atomic mass is 16.5. The maximum absolute atomic E-state index is 10.4. The largest absolute Gasteiger partial charge is 0.286 e. The molecular weight excluding hydrogens is 106 g/mol. The Hall–Kier alpha value is -0.570. The summed E-state index contributed by atoms with van der Waals surface area (Å²) in [6.45, 7) is 1.89. The van der Waals surface area contributed by atoms with E-state index in [1.807, 2.05) is 6.92 Å². The zero-order chi connectivity index (χ0) is 6.57. The molecule has 3 heteroatoms. The van der Waals surface area contributed by atoms with E-state index in [1.165, 1.54) is 7.05 Å². The average Bonchev–Trinajstić information content (AvgIpc) is 1.67. The first-order valence-electron chi connectivity index (χ1n) is 2.64. The molecule has 0 aliphatic rings. The van der Waals surface area contributed by atoms with Crippen molar-refractivity contribution in [3.63, 3.8) is 0 Å². The van der Waals surface area contributed by atoms with Gasteiger partial charge in [-0.15, -0.1) is 0 Å². The van der Waals surface area contributed by atoms with Gasteiger partial charge in [-0.2, -0.15) is 0 Å². The van der Waals surface area contributed by atoms with Gasteiger partial charge in [-0.25, -0.2) is 5.06 Å². The van der Waals surface area contributed by atoms with E-state index in [2.05, 4.69) is 0 Å². The molecule has 1 amide bonds. The summed E-state index contributed by atoms with van der Waals surface area (Å²) in [4.78, 5) is 10.4. The number of hydrogen-bond acceptors (Lipinski definition) is 2. The van der Waals surface area contributed by atoms with Gasteiger partial charge >= 0.3 is 0 Å². The van der Waals surface area contributed by atoms with Crippen molar-refractivity contribution in [2.24, 2.45) is 0 Å². The van der Waals surface area contributed by atoms with Crippen LogP contribution in [0.1, 0.15) is 19.8 Å². The van der Waals surface area contributed by atoms with Crippen LogP contribution in [0.25, 0.3) is 0 Å². The quantitative estimate of drug-likeness (QED) is 0.425. The smallest absolute Gasteiger partial charge is 0.245 e. The lowest BCUT2D eigenvalue weighted by Crippen LogP contribution is -2.21. The van der Waals surface area contributed by atoms with Crippen LogP contribution in [0.2, 0.25) is 0 Å². The molecule has 0 aliphatic carbocycles. The Labute approximate surface area is 48.9 Å². The Kier molecular flexibility index (Phi) is 3.19. The van der Waals surface area contributed by atoms with Gasteiger partial charge in [-0.1, -0.05) is 6.92 Å². The van der Waals surface area contributed by atoms with E-state index in [0.717, 1.165) is 6.42 Å². The molecule has 3 nitrogen and oxygen atoms in total. The van der Waals surface area contributed by atoms with Crippen molar-refractivity contribution in [2.45, 2.75) is 19.8 Å². The predicted octanol–water partition coefficient (Wildman–Crippen LogP) is 0.634. The molecule has 0 spiro atoms. The van der Waals surface area contributed by atoms with Gasteiger partial charge in [0, 0.05) is 13.5 Å². The number of hydroxylamine groups is 2. The van der Waals surface area contributed by atoms with Gasteiger partial charge in [0.2, 0.25) is 5.91 Å². The zero-order valence-electron chi connectivity index (χ0n) is 5.22. The zero-order valence-corrected chi connectivity index (χ0v) is 5.22. The summed E-state index contributed by atoms with van der Waals surface area (Å²) in [5.74, 6) is -0.229. The molecule has 0 saturated carbocycles. The van der Waals surface area contributed by atoms with E-state index < -0.39 is 0 Å². The summed E-state index contributed by atoms with van der Waals surface area (Å²) in [5.41, 5.74) is 0. The second-order valence-corrected chi connectivity index (χ2v) is 1.67. The fourth-order valence-electron chi connectivity index (χ4n) is 0.376. The molecule has 0 rings (SSSR count). The van der Waals surface area contributed by atoms with Gasteiger partial charge in [0.25, 0.3) is 0 Å². The first-order chi connectivity index (χ1) is 3.68. The highest BCUT2D eigenvalue weighted by Crippen LogP contribution is 1.89. The molecule has 0 aromatic rings. The van der Waals surface area contributed by atoms with E-state index >= 15 is 0 Å². The van der Waals surface area contributed by atoms with Crippen molar-refractivity contribution < 1.29 is 10.0 Å². The standard InChI is InChI=1S/C5H11NO2/c1-3-4-5(7)6(2)8/h8H,3-4H2,1-2H3. The number of carbonyl (C=O) groups excluding carboxylic acids is 1. The van der Waals surface area contributed by atoms with Crippen LogP contribution in [0, 0.1) is 0 Å². The highest BCUT2D eigenvalue weighted by Gasteiger charge is 2.00. The minimum absolute atomic E-state index is 0.229. The number of nitrogens with zero attached hydrogens (tertiary/aromatic N) is 1. The van der Waals surface area contributed by atoms with Gasteiger partial charge in [-0.05, 0) is 6.42 Å². The van der Waals surface area contributed by atoms with Crippen LogP contribution in [0.5, 0.6) is 0 Å². The average molecular weight is 117 g/mol. The Bertz CT molecular complexity index is 80.5. The molecule has 48 valence electrons. The van der Waals surface area contributed by atoms with Crippen LogP contribution in [0.15, 0.2) is 0 Å². The Morgan fingerprint density at radius 2 is 2.25 bits per heavy atom. The summed E-state index contributed by atoms with van der Waals surface area (Å²) < 4.78 is 0. The molecule has 1 N–H and O–H groups in total. The van der Waals surface area contributed by atoms with E-state index in [1.54, 1.807) is 0 Å². The molecule has 0 aromatic heterocycles. The van der Waals surface area contributed by atoms with Crippen LogP contribution in [0.3, 0.4) is 0 Å². The van der Waals surface area contributed by atoms with Gasteiger partial charge in [-0.3, -0.25) is 10.0 Å². The SMILES string of the molecule is CCCC(=O)N(C)O. The first-order valence-corrected chi connectivity index (χ1v) is 2.64. The second kappa shape index (κ2) is 3.43. The van der Waals surface area contributed by atoms with Crippen molar-refractivity contribution in [3.8, 4) is 0 Å². The molecule has 0 aromatic carbocycles. The van der Waals surface area contributed by atoms with E-state index in [9.17, 15) is 4.79 Å². The molecule has 0 unspecified atom stereocenters. The van der Waals surface area contributed by atoms with Crippen LogP contribution in [0.4, 0.5) is 0 Å². The molecule has 0 heterocycles. The third-order valence-electron chi connectivity index (χ3n) is 0.825. The van der Waals surface area contributed by atoms with Crippen LogP contribution < -0.4 is 0 Å². The lowest BCUT2D eigenvalue weighted by Gasteiger charge is -2.05. The van der Waals surface area contributed by atoms with Gasteiger partial charge < -0.3 is 0 Å². The Morgan fingerprint density at radius 1 is 1.75 bits per heavy atom. The molecule has 0 radical (unpaired) electrons. The van der Waals surface area contributed by atoms with Crippen molar-refractivity contribution >= 4 is 5.91 Å². The summed E-state index contributed by atoms with van der Waals surface area (Å²) in [5, 5.41) is 9.05. The molecule has 8 heavy (non-hydrogen) atoms. The molecule has 0 saturated heterocycles. The second-order valence-electron chi connectivity index (χ2n) is 1.67. The molecule has 0 bridgehead atoms. The lowest BCUT2D eigenvalue weighted by molar-refractivity contribution is -0.159. The van der Waals surface area contributed by atoms with Crippen molar-refractivity contribution in [1.29, 1.82) is 0 Å². The number of rotatable bonds is 2. The van der Waals surface area contributed by atoms with Gasteiger partial charge in [0.1, 0.15) is 0 Å². The maximum Gasteiger partial charge on any atom is 0.245 e. The van der Waals surface area contributed by atoms with E-state index in [0.29, 0.717) is 11.5 Å². The van der Waals surface area contributed by atoms with Gasteiger partial charge in [0.15, 0.2) is 0 Å². The number of amides is 1. The summed E-state index contributed by atoms with van der Waals surface area (Å²) in [6, 6.07) is 0. The monoisotopic (exact) mass is 117 g/mol. The summed E-state index contributed by atoms with van der Waals surface area (Å²) in [6.07, 6.45) is 1.21. The molecule has 0 aliphatic heterocycles. The fraction of sp³-hybridized carbons (Fsp3) is 0.800. The van der Waals surface area contributed by atoms with Gasteiger partial charge in [0.05, 0.1) is 0 Å². The third-order valence-corrected chi connectivity index (χ3v) is 0.825. The van der Waals surface area contributed by atoms with Crippen molar-refractivity contribution in [2.75, 3.05) is 7.05 Å². The van der Waals surface area contributed by atoms with Crippen molar-refractivity contribution in [1.82, 2.24) is 5.06 Å². The molecule has 0 fully saturated rings. The maximum atomic E-state index is 10.4. The fourth-order valence-corrected chi connectivity index (χ4v) is 0.376. The highest BCUT2D eigenvalue weighted by molar-refractivity contribution is 5.74. The molecule has 0 atom stereocenters. The topological polar surface area (TPSA) is 40.5 Å². The predicted molar refractivity (Wildman–Crippen MR) is 29.5 cm³/mol. The Balaban J connectivity index is 3.33. The Morgan fingerprint density at radius 3 is 2.38 bits per heavy atom. The third kappa shape index (κ3) is 2.58. The lowest BCUT2D eigenvalue weighted by atomic mass is 10.3. The minimum atomic E-state index is -0.229. The van der Waals surface area contributed by atoms with Crippen LogP contribution in [-0.2, 0) is 4.79 Å². The minimum Gasteiger partial charge on any atom is -0.286 e. The summed E-state index contributed by atoms with van der Waals surface area (Å²) >= 11 is 0. The van der Waals surface area contributed by atoms with Crippen LogP contribution in [-0.4, -0.2) is 23.2 Å². The van der Waals surface area contributed by atoms with Crippen molar-refractivity contribution in [3.05, 3.63) is 0 Å². The summed E-state index contributed by atoms with van der Waals surface area (Å²) in [7, 11) is 1.33. The molecular formula is C5H11NO2.